The number of aromatic nitrogens is 2. The fourth-order valence-corrected chi connectivity index (χ4v) is 3.32. The molecule has 1 aromatic heterocycles. The zero-order valence-corrected chi connectivity index (χ0v) is 14.5. The maximum absolute atomic E-state index is 12.5. The van der Waals surface area contributed by atoms with Crippen LogP contribution in [0, 0.1) is 12.8 Å². The van der Waals surface area contributed by atoms with Crippen molar-refractivity contribution in [2.24, 2.45) is 5.92 Å². The summed E-state index contributed by atoms with van der Waals surface area (Å²) in [5.41, 5.74) is 2.59. The molecule has 2 N–H and O–H groups in total. The van der Waals surface area contributed by atoms with Gasteiger partial charge in [0.05, 0.1) is 31.4 Å². The molecule has 134 valence electrons. The molecule has 2 aromatic rings. The number of benzene rings is 1. The lowest BCUT2D eigenvalue weighted by Crippen LogP contribution is -2.44. The second-order valence-electron chi connectivity index (χ2n) is 6.82. The average Bonchev–Trinajstić information content (AvgIpc) is 3.01. The fourth-order valence-electron chi connectivity index (χ4n) is 3.32. The summed E-state index contributed by atoms with van der Waals surface area (Å²) in [6, 6.07) is 3.78. The van der Waals surface area contributed by atoms with E-state index < -0.39 is 0 Å². The number of ether oxygens (including phenoxy) is 2. The smallest absolute Gasteiger partial charge is 0.251 e. The third-order valence-corrected chi connectivity index (χ3v) is 4.94. The van der Waals surface area contributed by atoms with Crippen LogP contribution in [0.25, 0.3) is 10.9 Å². The van der Waals surface area contributed by atoms with Crippen LogP contribution in [0.1, 0.15) is 15.9 Å². The Kier molecular flexibility index (Phi) is 4.70. The SMILES string of the molecule is Cc1c(C(=O)NCC2COCCO2)ccc2nn(CC3CNC3)cc12. The van der Waals surface area contributed by atoms with Gasteiger partial charge in [-0.25, -0.2) is 0 Å². The molecule has 2 saturated heterocycles. The first-order chi connectivity index (χ1) is 12.2. The van der Waals surface area contributed by atoms with Crippen molar-refractivity contribution in [2.45, 2.75) is 19.6 Å². The molecule has 7 heteroatoms. The molecule has 0 bridgehead atoms. The molecule has 2 aliphatic heterocycles. The molecule has 1 atom stereocenters. The summed E-state index contributed by atoms with van der Waals surface area (Å²) in [6.45, 7) is 7.20. The number of nitrogens with one attached hydrogen (secondary N) is 2. The van der Waals surface area contributed by atoms with Gasteiger partial charge in [-0.1, -0.05) is 0 Å². The number of aryl methyl sites for hydroxylation is 1. The number of carbonyl (C=O) groups excluding carboxylic acids is 1. The van der Waals surface area contributed by atoms with Crippen molar-refractivity contribution in [3.05, 3.63) is 29.5 Å². The van der Waals surface area contributed by atoms with E-state index >= 15 is 0 Å². The van der Waals surface area contributed by atoms with Gasteiger partial charge in [-0.3, -0.25) is 9.48 Å². The van der Waals surface area contributed by atoms with Crippen molar-refractivity contribution in [2.75, 3.05) is 39.5 Å². The summed E-state index contributed by atoms with van der Waals surface area (Å²) >= 11 is 0. The van der Waals surface area contributed by atoms with Gasteiger partial charge in [0.1, 0.15) is 0 Å². The zero-order chi connectivity index (χ0) is 17.2. The molecule has 0 radical (unpaired) electrons. The molecule has 3 heterocycles. The van der Waals surface area contributed by atoms with Gasteiger partial charge in [0, 0.05) is 49.2 Å². The van der Waals surface area contributed by atoms with E-state index in [1.807, 2.05) is 23.7 Å². The lowest BCUT2D eigenvalue weighted by molar-refractivity contribution is -0.0855. The van der Waals surface area contributed by atoms with Crippen molar-refractivity contribution in [3.8, 4) is 0 Å². The first-order valence-corrected chi connectivity index (χ1v) is 8.86. The van der Waals surface area contributed by atoms with E-state index in [1.54, 1.807) is 0 Å². The van der Waals surface area contributed by atoms with E-state index in [1.165, 1.54) is 0 Å². The summed E-state index contributed by atoms with van der Waals surface area (Å²) in [7, 11) is 0. The third-order valence-electron chi connectivity index (χ3n) is 4.94. The first-order valence-electron chi connectivity index (χ1n) is 8.86. The summed E-state index contributed by atoms with van der Waals surface area (Å²) < 4.78 is 12.9. The molecule has 7 nitrogen and oxygen atoms in total. The summed E-state index contributed by atoms with van der Waals surface area (Å²) in [5.74, 6) is 0.569. The predicted octanol–water partition coefficient (Wildman–Crippen LogP) is 0.709. The topological polar surface area (TPSA) is 77.4 Å². The Hall–Kier alpha value is -1.96. The highest BCUT2D eigenvalue weighted by Crippen LogP contribution is 2.22. The van der Waals surface area contributed by atoms with E-state index in [-0.39, 0.29) is 12.0 Å². The van der Waals surface area contributed by atoms with Crippen LogP contribution in [0.2, 0.25) is 0 Å². The fraction of sp³-hybridized carbons (Fsp3) is 0.556. The Labute approximate surface area is 146 Å². The van der Waals surface area contributed by atoms with Gasteiger partial charge in [0.25, 0.3) is 5.91 Å². The lowest BCUT2D eigenvalue weighted by atomic mass is 10.0. The minimum Gasteiger partial charge on any atom is -0.376 e. The van der Waals surface area contributed by atoms with Crippen molar-refractivity contribution in [1.82, 2.24) is 20.4 Å². The molecular formula is C18H24N4O3. The Morgan fingerprint density at radius 3 is 3.00 bits per heavy atom. The molecule has 0 spiro atoms. The Bertz CT molecular complexity index is 763. The van der Waals surface area contributed by atoms with Gasteiger partial charge in [-0.05, 0) is 24.6 Å². The highest BCUT2D eigenvalue weighted by molar-refractivity contribution is 6.00. The van der Waals surface area contributed by atoms with E-state index in [4.69, 9.17) is 9.47 Å². The van der Waals surface area contributed by atoms with E-state index in [9.17, 15) is 4.79 Å². The molecular weight excluding hydrogens is 320 g/mol. The lowest BCUT2D eigenvalue weighted by Gasteiger charge is -2.26. The molecule has 0 saturated carbocycles. The molecule has 1 unspecified atom stereocenters. The average molecular weight is 344 g/mol. The van der Waals surface area contributed by atoms with Crippen LogP contribution in [0.4, 0.5) is 0 Å². The molecule has 1 aromatic carbocycles. The highest BCUT2D eigenvalue weighted by Gasteiger charge is 2.20. The van der Waals surface area contributed by atoms with E-state index in [2.05, 4.69) is 21.9 Å². The third kappa shape index (κ3) is 3.53. The van der Waals surface area contributed by atoms with Gasteiger partial charge in [-0.15, -0.1) is 0 Å². The van der Waals surface area contributed by atoms with Gasteiger partial charge in [-0.2, -0.15) is 5.10 Å². The number of nitrogens with zero attached hydrogens (tertiary/aromatic N) is 2. The number of hydrogen-bond donors (Lipinski definition) is 2. The Balaban J connectivity index is 1.46. The summed E-state index contributed by atoms with van der Waals surface area (Å²) in [4.78, 5) is 12.5. The standard InChI is InChI=1S/C18H24N4O3/c1-12-15(18(23)20-8-14-11-24-4-5-25-14)2-3-17-16(12)10-22(21-17)9-13-6-19-7-13/h2-3,10,13-14,19H,4-9,11H2,1H3,(H,20,23). The molecule has 2 aliphatic rings. The molecule has 4 rings (SSSR count). The minimum atomic E-state index is -0.0792. The van der Waals surface area contributed by atoms with Crippen LogP contribution >= 0.6 is 0 Å². The van der Waals surface area contributed by atoms with Crippen LogP contribution in [0.5, 0.6) is 0 Å². The number of hydrogen-bond acceptors (Lipinski definition) is 5. The van der Waals surface area contributed by atoms with Crippen molar-refractivity contribution < 1.29 is 14.3 Å². The van der Waals surface area contributed by atoms with E-state index in [0.29, 0.717) is 37.8 Å². The number of rotatable bonds is 5. The first kappa shape index (κ1) is 16.5. The highest BCUT2D eigenvalue weighted by atomic mass is 16.6. The van der Waals surface area contributed by atoms with Gasteiger partial charge < -0.3 is 20.1 Å². The Morgan fingerprint density at radius 2 is 2.28 bits per heavy atom. The molecule has 2 fully saturated rings. The maximum Gasteiger partial charge on any atom is 0.251 e. The van der Waals surface area contributed by atoms with Crippen LogP contribution in [0.15, 0.2) is 18.3 Å². The molecule has 25 heavy (non-hydrogen) atoms. The van der Waals surface area contributed by atoms with Gasteiger partial charge >= 0.3 is 0 Å². The Morgan fingerprint density at radius 1 is 1.40 bits per heavy atom. The van der Waals surface area contributed by atoms with Crippen LogP contribution in [-0.4, -0.2) is 61.2 Å². The quantitative estimate of drug-likeness (QED) is 0.835. The zero-order valence-electron chi connectivity index (χ0n) is 14.5. The second kappa shape index (κ2) is 7.11. The van der Waals surface area contributed by atoms with Crippen molar-refractivity contribution in [1.29, 1.82) is 0 Å². The minimum absolute atomic E-state index is 0.0689. The van der Waals surface area contributed by atoms with Crippen LogP contribution in [-0.2, 0) is 16.0 Å². The van der Waals surface area contributed by atoms with Crippen LogP contribution in [0.3, 0.4) is 0 Å². The van der Waals surface area contributed by atoms with E-state index in [0.717, 1.165) is 36.1 Å². The van der Waals surface area contributed by atoms with Crippen molar-refractivity contribution >= 4 is 16.8 Å². The predicted molar refractivity (Wildman–Crippen MR) is 93.7 cm³/mol. The maximum atomic E-state index is 12.5. The second-order valence-corrected chi connectivity index (χ2v) is 6.82. The van der Waals surface area contributed by atoms with Gasteiger partial charge in [0.2, 0.25) is 0 Å². The monoisotopic (exact) mass is 344 g/mol. The number of carbonyl (C=O) groups is 1. The normalized spacial score (nSPS) is 21.2. The summed E-state index contributed by atoms with van der Waals surface area (Å²) in [5, 5.41) is 11.9. The number of amides is 1. The molecule has 1 amide bonds. The summed E-state index contributed by atoms with van der Waals surface area (Å²) in [6.07, 6.45) is 1.98. The number of fused-ring (bicyclic) bond motifs is 1. The molecule has 0 aliphatic carbocycles. The van der Waals surface area contributed by atoms with Crippen molar-refractivity contribution in [3.63, 3.8) is 0 Å². The van der Waals surface area contributed by atoms with Gasteiger partial charge in [0.15, 0.2) is 0 Å². The largest absolute Gasteiger partial charge is 0.376 e. The van der Waals surface area contributed by atoms with Crippen LogP contribution < -0.4 is 10.6 Å².